The number of hydrogen-bond acceptors (Lipinski definition) is 5. The van der Waals surface area contributed by atoms with E-state index in [0.29, 0.717) is 5.69 Å². The number of nitrogens with one attached hydrogen (secondary N) is 2. The number of carbonyl (C=O) groups is 3. The summed E-state index contributed by atoms with van der Waals surface area (Å²) < 4.78 is 0. The van der Waals surface area contributed by atoms with Crippen LogP contribution < -0.4 is 15.8 Å². The second kappa shape index (κ2) is 8.99. The largest absolute Gasteiger partial charge is 0.330 e. The first kappa shape index (κ1) is 22.0. The number of nitrogens with zero attached hydrogens (tertiary/aromatic N) is 3. The molecule has 0 unspecified atom stereocenters. The minimum Gasteiger partial charge on any atom is -0.330 e. The van der Waals surface area contributed by atoms with E-state index in [4.69, 9.17) is 0 Å². The summed E-state index contributed by atoms with van der Waals surface area (Å²) in [7, 11) is 1.52. The van der Waals surface area contributed by atoms with Gasteiger partial charge in [0.15, 0.2) is 0 Å². The molecule has 1 aliphatic rings. The van der Waals surface area contributed by atoms with Crippen LogP contribution in [0.3, 0.4) is 0 Å². The maximum Gasteiger partial charge on any atom is 0.290 e. The summed E-state index contributed by atoms with van der Waals surface area (Å²) in [6.07, 6.45) is 0. The third-order valence-corrected chi connectivity index (χ3v) is 5.00. The first-order valence-electron chi connectivity index (χ1n) is 10.0. The molecule has 0 fully saturated rings. The Balaban J connectivity index is 1.70. The molecule has 8 heteroatoms. The predicted octanol–water partition coefficient (Wildman–Crippen LogP) is 2.35. The summed E-state index contributed by atoms with van der Waals surface area (Å²) in [6, 6.07) is 12.2. The van der Waals surface area contributed by atoms with Crippen molar-refractivity contribution in [2.75, 3.05) is 23.9 Å². The van der Waals surface area contributed by atoms with Gasteiger partial charge < -0.3 is 10.2 Å². The summed E-state index contributed by atoms with van der Waals surface area (Å²) in [5.74, 6) is -1.05. The summed E-state index contributed by atoms with van der Waals surface area (Å²) in [6.45, 7) is 7.34. The number of likely N-dealkylation sites (N-methyl/N-ethyl adjacent to an activating group) is 1. The Morgan fingerprint density at radius 2 is 1.74 bits per heavy atom. The fourth-order valence-electron chi connectivity index (χ4n) is 3.52. The Morgan fingerprint density at radius 3 is 2.35 bits per heavy atom. The quantitative estimate of drug-likeness (QED) is 0.775. The van der Waals surface area contributed by atoms with E-state index in [-0.39, 0.29) is 24.2 Å². The van der Waals surface area contributed by atoms with Crippen LogP contribution in [0.4, 0.5) is 11.4 Å². The van der Waals surface area contributed by atoms with Gasteiger partial charge >= 0.3 is 0 Å². The summed E-state index contributed by atoms with van der Waals surface area (Å²) in [4.78, 5) is 43.4. The molecule has 162 valence electrons. The molecule has 31 heavy (non-hydrogen) atoms. The number of amides is 3. The lowest BCUT2D eigenvalue weighted by atomic mass is 10.1. The number of rotatable bonds is 5. The van der Waals surface area contributed by atoms with Gasteiger partial charge in [0.05, 0.1) is 12.2 Å². The summed E-state index contributed by atoms with van der Waals surface area (Å²) in [5, 5.41) is 4.19. The average molecular weight is 422 g/mol. The third kappa shape index (κ3) is 4.91. The number of hydrogen-bond donors (Lipinski definition) is 2. The molecule has 2 N–H and O–H groups in total. The number of aliphatic imine (C=N–C) groups is 1. The average Bonchev–Trinajstić information content (AvgIpc) is 2.72. The van der Waals surface area contributed by atoms with E-state index in [9.17, 15) is 14.4 Å². The van der Waals surface area contributed by atoms with Crippen LogP contribution >= 0.6 is 0 Å². The molecule has 0 spiro atoms. The Kier molecular flexibility index (Phi) is 6.39. The topological polar surface area (TPSA) is 94.1 Å². The molecule has 0 saturated carbocycles. The molecule has 1 atom stereocenters. The molecule has 1 heterocycles. The molecule has 0 aliphatic carbocycles. The number of benzene rings is 2. The van der Waals surface area contributed by atoms with Crippen molar-refractivity contribution in [3.05, 3.63) is 59.2 Å². The molecule has 0 saturated heterocycles. The summed E-state index contributed by atoms with van der Waals surface area (Å²) >= 11 is 0. The Morgan fingerprint density at radius 1 is 1.13 bits per heavy atom. The molecule has 2 aromatic rings. The Labute approximate surface area is 181 Å². The van der Waals surface area contributed by atoms with E-state index in [1.807, 2.05) is 39.0 Å². The van der Waals surface area contributed by atoms with Crippen LogP contribution in [0, 0.1) is 20.8 Å². The molecule has 0 aromatic heterocycles. The lowest BCUT2D eigenvalue weighted by molar-refractivity contribution is -0.128. The van der Waals surface area contributed by atoms with Crippen molar-refractivity contribution >= 4 is 34.9 Å². The van der Waals surface area contributed by atoms with Crippen molar-refractivity contribution in [2.45, 2.75) is 33.7 Å². The molecular weight excluding hydrogens is 394 g/mol. The molecule has 1 aliphatic heterocycles. The van der Waals surface area contributed by atoms with E-state index < -0.39 is 11.9 Å². The summed E-state index contributed by atoms with van der Waals surface area (Å²) in [5.41, 5.74) is 7.18. The molecule has 2 aromatic carbocycles. The zero-order chi connectivity index (χ0) is 22.7. The second-order valence-electron chi connectivity index (χ2n) is 7.76. The number of amidine groups is 1. The van der Waals surface area contributed by atoms with Crippen molar-refractivity contribution in [3.8, 4) is 0 Å². The zero-order valence-electron chi connectivity index (χ0n) is 18.4. The van der Waals surface area contributed by atoms with Crippen LogP contribution in [-0.2, 0) is 14.4 Å². The lowest BCUT2D eigenvalue weighted by Crippen LogP contribution is -2.58. The highest BCUT2D eigenvalue weighted by Gasteiger charge is 2.32. The number of para-hydroxylation sites is 1. The number of aryl methyl sites for hydroxylation is 3. The fourth-order valence-corrected chi connectivity index (χ4v) is 3.52. The Hall–Kier alpha value is -3.68. The van der Waals surface area contributed by atoms with E-state index in [1.165, 1.54) is 17.0 Å². The highest BCUT2D eigenvalue weighted by Crippen LogP contribution is 2.22. The van der Waals surface area contributed by atoms with E-state index in [1.54, 1.807) is 31.2 Å². The van der Waals surface area contributed by atoms with Gasteiger partial charge in [0.1, 0.15) is 6.04 Å². The highest BCUT2D eigenvalue weighted by molar-refractivity contribution is 6.39. The third-order valence-electron chi connectivity index (χ3n) is 5.00. The van der Waals surface area contributed by atoms with Crippen LogP contribution in [0.25, 0.3) is 0 Å². The van der Waals surface area contributed by atoms with Gasteiger partial charge in [0.25, 0.3) is 11.8 Å². The van der Waals surface area contributed by atoms with Crippen molar-refractivity contribution < 1.29 is 14.4 Å². The molecule has 3 rings (SSSR count). The maximum atomic E-state index is 12.9. The van der Waals surface area contributed by atoms with Gasteiger partial charge in [-0.05, 0) is 51.0 Å². The van der Waals surface area contributed by atoms with Crippen LogP contribution in [0.2, 0.25) is 0 Å². The SMILES string of the molecule is Cc1cc(C)c(NC(=O)CN(C)C(=O)C2=N[C@@H](C)C(=O)N(c3ccccc3)N2)c(C)c1. The first-order chi connectivity index (χ1) is 14.7. The van der Waals surface area contributed by atoms with Crippen LogP contribution in [0.5, 0.6) is 0 Å². The van der Waals surface area contributed by atoms with Gasteiger partial charge in [-0.1, -0.05) is 35.9 Å². The molecule has 8 nitrogen and oxygen atoms in total. The van der Waals surface area contributed by atoms with Gasteiger partial charge in [-0.15, -0.1) is 0 Å². The molecule has 0 bridgehead atoms. The standard InChI is InChI=1S/C23H27N5O3/c1-14-11-15(2)20(16(3)12-14)25-19(29)13-27(5)23(31)21-24-17(4)22(30)28(26-21)18-9-7-6-8-10-18/h6-12,17H,13H2,1-5H3,(H,24,26)(H,25,29)/t17-/m0/s1. The molecule has 3 amide bonds. The van der Waals surface area contributed by atoms with E-state index in [0.717, 1.165) is 22.4 Å². The second-order valence-corrected chi connectivity index (χ2v) is 7.76. The highest BCUT2D eigenvalue weighted by atomic mass is 16.2. The number of hydrazine groups is 1. The van der Waals surface area contributed by atoms with Crippen LogP contribution in [0.1, 0.15) is 23.6 Å². The van der Waals surface area contributed by atoms with Crippen molar-refractivity contribution in [1.82, 2.24) is 10.3 Å². The predicted molar refractivity (Wildman–Crippen MR) is 121 cm³/mol. The number of anilines is 2. The number of carbonyl (C=O) groups excluding carboxylic acids is 3. The minimum absolute atomic E-state index is 0.00829. The minimum atomic E-state index is -0.722. The van der Waals surface area contributed by atoms with Crippen LogP contribution in [0.15, 0.2) is 47.5 Å². The van der Waals surface area contributed by atoms with Crippen molar-refractivity contribution in [3.63, 3.8) is 0 Å². The van der Waals surface area contributed by atoms with Gasteiger partial charge in [-0.3, -0.25) is 19.8 Å². The van der Waals surface area contributed by atoms with Gasteiger partial charge in [-0.2, -0.15) is 0 Å². The van der Waals surface area contributed by atoms with Gasteiger partial charge in [0, 0.05) is 12.7 Å². The van der Waals surface area contributed by atoms with Gasteiger partial charge in [0.2, 0.25) is 11.7 Å². The normalized spacial score (nSPS) is 15.8. The fraction of sp³-hybridized carbons (Fsp3) is 0.304. The van der Waals surface area contributed by atoms with Crippen molar-refractivity contribution in [1.29, 1.82) is 0 Å². The zero-order valence-corrected chi connectivity index (χ0v) is 18.4. The smallest absolute Gasteiger partial charge is 0.290 e. The molecular formula is C23H27N5O3. The van der Waals surface area contributed by atoms with Crippen molar-refractivity contribution in [2.24, 2.45) is 4.99 Å². The molecule has 0 radical (unpaired) electrons. The van der Waals surface area contributed by atoms with Gasteiger partial charge in [-0.25, -0.2) is 10.0 Å². The van der Waals surface area contributed by atoms with E-state index in [2.05, 4.69) is 15.7 Å². The maximum absolute atomic E-state index is 12.9. The first-order valence-corrected chi connectivity index (χ1v) is 10.0. The van der Waals surface area contributed by atoms with Crippen LogP contribution in [-0.4, -0.2) is 48.1 Å². The Bertz CT molecular complexity index is 1030. The lowest BCUT2D eigenvalue weighted by Gasteiger charge is -2.31. The van der Waals surface area contributed by atoms with E-state index >= 15 is 0 Å². The monoisotopic (exact) mass is 421 g/mol.